The van der Waals surface area contributed by atoms with Crippen LogP contribution in [0.3, 0.4) is 0 Å². The van der Waals surface area contributed by atoms with Gasteiger partial charge in [0.15, 0.2) is 0 Å². The number of carboxylic acid groups (broad SMARTS) is 1. The molecule has 0 saturated heterocycles. The summed E-state index contributed by atoms with van der Waals surface area (Å²) in [4.78, 5) is 38.7. The van der Waals surface area contributed by atoms with Crippen LogP contribution >= 0.6 is 0 Å². The number of hydrogen-bond acceptors (Lipinski definition) is 4. The zero-order valence-corrected chi connectivity index (χ0v) is 19.2. The van der Waals surface area contributed by atoms with Gasteiger partial charge in [-0.2, -0.15) is 0 Å². The summed E-state index contributed by atoms with van der Waals surface area (Å²) in [5.41, 5.74) is 4.01. The minimum atomic E-state index is -0.905. The van der Waals surface area contributed by atoms with Gasteiger partial charge in [0.2, 0.25) is 5.91 Å². The maximum Gasteiger partial charge on any atom is 0.407 e. The van der Waals surface area contributed by atoms with Gasteiger partial charge in [-0.1, -0.05) is 55.0 Å². The molecule has 3 aliphatic rings. The molecule has 0 unspecified atom stereocenters. The highest BCUT2D eigenvalue weighted by molar-refractivity contribution is 5.85. The van der Waals surface area contributed by atoms with Gasteiger partial charge in [-0.25, -0.2) is 4.79 Å². The first-order valence-electron chi connectivity index (χ1n) is 12.1. The monoisotopic (exact) mass is 462 g/mol. The van der Waals surface area contributed by atoms with E-state index in [1.165, 1.54) is 11.1 Å². The number of carbonyl (C=O) groups excluding carboxylic acids is 2. The smallest absolute Gasteiger partial charge is 0.407 e. The Hall–Kier alpha value is -3.35. The van der Waals surface area contributed by atoms with Crippen molar-refractivity contribution in [3.63, 3.8) is 0 Å². The number of aliphatic carboxylic acids is 1. The molecule has 34 heavy (non-hydrogen) atoms. The fraction of sp³-hybridized carbons (Fsp3) is 0.444. The van der Waals surface area contributed by atoms with Crippen LogP contribution in [0.4, 0.5) is 4.79 Å². The Kier molecular flexibility index (Phi) is 6.02. The van der Waals surface area contributed by atoms with Crippen molar-refractivity contribution < 1.29 is 24.2 Å². The SMILES string of the molecule is O=C(O)CCN(C(=O)C1(CNC(=O)OCC2c3ccccc3-c3ccccc32)CCC1)C1CC1. The van der Waals surface area contributed by atoms with E-state index >= 15 is 0 Å². The Morgan fingerprint density at radius 2 is 1.62 bits per heavy atom. The van der Waals surface area contributed by atoms with Gasteiger partial charge in [0.1, 0.15) is 6.61 Å². The standard InChI is InChI=1S/C27H30N2O5/c30-24(31)12-15-29(18-10-11-18)25(32)27(13-5-14-27)17-28-26(33)34-16-23-21-8-3-1-6-19(21)20-7-2-4-9-22(20)23/h1-4,6-9,18,23H,5,10-17H2,(H,28,33)(H,30,31). The second-order valence-electron chi connectivity index (χ2n) is 9.69. The highest BCUT2D eigenvalue weighted by Crippen LogP contribution is 2.45. The van der Waals surface area contributed by atoms with Crippen LogP contribution < -0.4 is 5.32 Å². The second-order valence-corrected chi connectivity index (χ2v) is 9.69. The van der Waals surface area contributed by atoms with Crippen molar-refractivity contribution in [1.29, 1.82) is 0 Å². The number of ether oxygens (including phenoxy) is 1. The predicted octanol–water partition coefficient (Wildman–Crippen LogP) is 4.16. The van der Waals surface area contributed by atoms with E-state index in [1.54, 1.807) is 4.90 Å². The van der Waals surface area contributed by atoms with E-state index in [2.05, 4.69) is 29.6 Å². The average Bonchev–Trinajstić information content (AvgIpc) is 3.59. The molecule has 2 aromatic rings. The molecule has 0 heterocycles. The lowest BCUT2D eigenvalue weighted by Crippen LogP contribution is -2.54. The van der Waals surface area contributed by atoms with Crippen molar-refractivity contribution >= 4 is 18.0 Å². The van der Waals surface area contributed by atoms with Gasteiger partial charge in [-0.05, 0) is 47.9 Å². The maximum absolute atomic E-state index is 13.3. The van der Waals surface area contributed by atoms with Crippen LogP contribution in [0.25, 0.3) is 11.1 Å². The Balaban J connectivity index is 1.20. The average molecular weight is 463 g/mol. The lowest BCUT2D eigenvalue weighted by Gasteiger charge is -2.43. The number of nitrogens with zero attached hydrogens (tertiary/aromatic N) is 1. The summed E-state index contributed by atoms with van der Waals surface area (Å²) >= 11 is 0. The summed E-state index contributed by atoms with van der Waals surface area (Å²) in [6, 6.07) is 16.5. The summed E-state index contributed by atoms with van der Waals surface area (Å²) in [5, 5.41) is 11.9. The van der Waals surface area contributed by atoms with E-state index in [4.69, 9.17) is 9.84 Å². The number of benzene rings is 2. The molecule has 178 valence electrons. The van der Waals surface area contributed by atoms with Crippen molar-refractivity contribution in [3.8, 4) is 11.1 Å². The lowest BCUT2D eigenvalue weighted by atomic mass is 9.67. The largest absolute Gasteiger partial charge is 0.481 e. The highest BCUT2D eigenvalue weighted by atomic mass is 16.5. The van der Waals surface area contributed by atoms with E-state index < -0.39 is 17.5 Å². The van der Waals surface area contributed by atoms with Gasteiger partial charge in [-0.3, -0.25) is 9.59 Å². The minimum absolute atomic E-state index is 0.0150. The van der Waals surface area contributed by atoms with Gasteiger partial charge >= 0.3 is 12.1 Å². The van der Waals surface area contributed by atoms with Gasteiger partial charge in [-0.15, -0.1) is 0 Å². The number of carboxylic acids is 1. The van der Waals surface area contributed by atoms with E-state index in [9.17, 15) is 14.4 Å². The molecule has 0 bridgehead atoms. The molecule has 2 N–H and O–H groups in total. The molecular formula is C27H30N2O5. The molecule has 5 rings (SSSR count). The fourth-order valence-electron chi connectivity index (χ4n) is 5.32. The summed E-state index contributed by atoms with van der Waals surface area (Å²) < 4.78 is 5.63. The second kappa shape index (κ2) is 9.12. The van der Waals surface area contributed by atoms with E-state index in [-0.39, 0.29) is 44.0 Å². The molecule has 3 aliphatic carbocycles. The van der Waals surface area contributed by atoms with Crippen LogP contribution in [-0.4, -0.2) is 53.7 Å². The zero-order valence-electron chi connectivity index (χ0n) is 19.2. The molecule has 2 amide bonds. The summed E-state index contributed by atoms with van der Waals surface area (Å²) in [6.07, 6.45) is 3.58. The minimum Gasteiger partial charge on any atom is -0.481 e. The third-order valence-corrected chi connectivity index (χ3v) is 7.49. The van der Waals surface area contributed by atoms with Crippen molar-refractivity contribution in [1.82, 2.24) is 10.2 Å². The number of hydrogen-bond donors (Lipinski definition) is 2. The first-order valence-corrected chi connectivity index (χ1v) is 12.1. The molecular weight excluding hydrogens is 432 g/mol. The maximum atomic E-state index is 13.3. The topological polar surface area (TPSA) is 95.9 Å². The van der Waals surface area contributed by atoms with Gasteiger partial charge in [0, 0.05) is 25.0 Å². The van der Waals surface area contributed by atoms with Crippen molar-refractivity contribution in [3.05, 3.63) is 59.7 Å². The number of carbonyl (C=O) groups is 3. The Bertz CT molecular complexity index is 1060. The third-order valence-electron chi connectivity index (χ3n) is 7.49. The molecule has 2 aromatic carbocycles. The number of nitrogens with one attached hydrogen (secondary N) is 1. The summed E-state index contributed by atoms with van der Waals surface area (Å²) in [6.45, 7) is 0.679. The van der Waals surface area contributed by atoms with E-state index in [0.717, 1.165) is 30.4 Å². The third kappa shape index (κ3) is 4.27. The molecule has 7 nitrogen and oxygen atoms in total. The van der Waals surface area contributed by atoms with Crippen LogP contribution in [0.5, 0.6) is 0 Å². The van der Waals surface area contributed by atoms with E-state index in [1.807, 2.05) is 24.3 Å². The first kappa shape index (κ1) is 22.4. The number of amides is 2. The van der Waals surface area contributed by atoms with Crippen LogP contribution in [0, 0.1) is 5.41 Å². The molecule has 0 spiro atoms. The van der Waals surface area contributed by atoms with Crippen LogP contribution in [0.15, 0.2) is 48.5 Å². The van der Waals surface area contributed by atoms with Crippen LogP contribution in [0.2, 0.25) is 0 Å². The molecule has 0 atom stereocenters. The highest BCUT2D eigenvalue weighted by Gasteiger charge is 2.49. The molecule has 0 aromatic heterocycles. The lowest BCUT2D eigenvalue weighted by molar-refractivity contribution is -0.148. The molecule has 0 aliphatic heterocycles. The van der Waals surface area contributed by atoms with Gasteiger partial charge < -0.3 is 20.1 Å². The molecule has 7 heteroatoms. The quantitative estimate of drug-likeness (QED) is 0.583. The van der Waals surface area contributed by atoms with E-state index in [0.29, 0.717) is 12.8 Å². The van der Waals surface area contributed by atoms with Crippen molar-refractivity contribution in [2.45, 2.75) is 50.5 Å². The Morgan fingerprint density at radius 1 is 1.00 bits per heavy atom. The van der Waals surface area contributed by atoms with Crippen LogP contribution in [-0.2, 0) is 14.3 Å². The molecule has 0 radical (unpaired) electrons. The van der Waals surface area contributed by atoms with Crippen molar-refractivity contribution in [2.24, 2.45) is 5.41 Å². The zero-order chi connectivity index (χ0) is 23.7. The molecule has 2 fully saturated rings. The number of fused-ring (bicyclic) bond motifs is 3. The first-order chi connectivity index (χ1) is 16.5. The van der Waals surface area contributed by atoms with Crippen LogP contribution in [0.1, 0.15) is 55.6 Å². The number of alkyl carbamates (subject to hydrolysis) is 1. The Morgan fingerprint density at radius 3 is 2.15 bits per heavy atom. The Labute approximate surface area is 199 Å². The van der Waals surface area contributed by atoms with Gasteiger partial charge in [0.05, 0.1) is 11.8 Å². The van der Waals surface area contributed by atoms with Gasteiger partial charge in [0.25, 0.3) is 0 Å². The summed E-state index contributed by atoms with van der Waals surface area (Å²) in [7, 11) is 0. The number of rotatable bonds is 9. The molecule has 2 saturated carbocycles. The fourth-order valence-corrected chi connectivity index (χ4v) is 5.32. The summed E-state index contributed by atoms with van der Waals surface area (Å²) in [5.74, 6) is -0.946. The normalized spacial score (nSPS) is 17.8. The predicted molar refractivity (Wildman–Crippen MR) is 126 cm³/mol. The van der Waals surface area contributed by atoms with Crippen molar-refractivity contribution in [2.75, 3.05) is 19.7 Å².